The molecule has 2 heterocycles. The van der Waals surface area contributed by atoms with Crippen molar-refractivity contribution >= 4 is 16.8 Å². The summed E-state index contributed by atoms with van der Waals surface area (Å²) in [6, 6.07) is 11.0. The lowest BCUT2D eigenvalue weighted by Gasteiger charge is -2.10. The molecule has 1 amide bonds. The van der Waals surface area contributed by atoms with Crippen LogP contribution in [0.1, 0.15) is 11.9 Å². The number of nitrogens with zero attached hydrogens (tertiary/aromatic N) is 2. The summed E-state index contributed by atoms with van der Waals surface area (Å²) in [4.78, 5) is 11.9. The number of nitrogens with one attached hydrogen (secondary N) is 1. The van der Waals surface area contributed by atoms with Gasteiger partial charge in [0.2, 0.25) is 5.91 Å². The molecule has 0 saturated carbocycles. The van der Waals surface area contributed by atoms with E-state index in [1.165, 1.54) is 6.26 Å². The highest BCUT2D eigenvalue weighted by Gasteiger charge is 2.13. The van der Waals surface area contributed by atoms with Crippen LogP contribution in [0, 0.1) is 0 Å². The SMILES string of the molecule is O=C(Cn1ncc2ccccc21)NCC(O)c1ccco1. The molecule has 0 aliphatic carbocycles. The molecule has 2 N–H and O–H groups in total. The van der Waals surface area contributed by atoms with Crippen molar-refractivity contribution in [3.05, 3.63) is 54.6 Å². The molecular formula is C15H15N3O3. The molecule has 3 rings (SSSR count). The summed E-state index contributed by atoms with van der Waals surface area (Å²) in [5, 5.41) is 17.7. The van der Waals surface area contributed by atoms with Crippen molar-refractivity contribution in [3.8, 4) is 0 Å². The molecule has 1 atom stereocenters. The molecule has 1 unspecified atom stereocenters. The van der Waals surface area contributed by atoms with E-state index in [2.05, 4.69) is 10.4 Å². The van der Waals surface area contributed by atoms with E-state index >= 15 is 0 Å². The third kappa shape index (κ3) is 2.95. The van der Waals surface area contributed by atoms with Gasteiger partial charge in [-0.05, 0) is 18.2 Å². The second kappa shape index (κ2) is 5.80. The van der Waals surface area contributed by atoms with Crippen LogP contribution >= 0.6 is 0 Å². The van der Waals surface area contributed by atoms with Crippen LogP contribution < -0.4 is 5.32 Å². The summed E-state index contributed by atoms with van der Waals surface area (Å²) < 4.78 is 6.70. The minimum atomic E-state index is -0.849. The van der Waals surface area contributed by atoms with Crippen LogP contribution in [0.2, 0.25) is 0 Å². The summed E-state index contributed by atoms with van der Waals surface area (Å²) in [5.41, 5.74) is 0.902. The third-order valence-electron chi connectivity index (χ3n) is 3.21. The quantitative estimate of drug-likeness (QED) is 0.744. The van der Waals surface area contributed by atoms with Crippen LogP contribution in [-0.2, 0) is 11.3 Å². The van der Waals surface area contributed by atoms with Crippen molar-refractivity contribution in [2.45, 2.75) is 12.6 Å². The molecule has 0 radical (unpaired) electrons. The monoisotopic (exact) mass is 285 g/mol. The first-order chi connectivity index (χ1) is 10.2. The molecular weight excluding hydrogens is 270 g/mol. The molecule has 0 aliphatic rings. The minimum Gasteiger partial charge on any atom is -0.467 e. The van der Waals surface area contributed by atoms with Gasteiger partial charge in [-0.25, -0.2) is 0 Å². The van der Waals surface area contributed by atoms with Gasteiger partial charge < -0.3 is 14.8 Å². The molecule has 1 aromatic carbocycles. The fourth-order valence-corrected chi connectivity index (χ4v) is 2.14. The smallest absolute Gasteiger partial charge is 0.241 e. The van der Waals surface area contributed by atoms with Crippen LogP contribution in [0.25, 0.3) is 10.9 Å². The minimum absolute atomic E-state index is 0.103. The van der Waals surface area contributed by atoms with E-state index in [9.17, 15) is 9.90 Å². The molecule has 2 aromatic heterocycles. The molecule has 0 saturated heterocycles. The van der Waals surface area contributed by atoms with E-state index in [-0.39, 0.29) is 19.0 Å². The van der Waals surface area contributed by atoms with Crippen LogP contribution in [0.3, 0.4) is 0 Å². The maximum absolute atomic E-state index is 11.9. The van der Waals surface area contributed by atoms with Gasteiger partial charge in [-0.3, -0.25) is 9.48 Å². The van der Waals surface area contributed by atoms with Gasteiger partial charge in [-0.2, -0.15) is 5.10 Å². The van der Waals surface area contributed by atoms with Gasteiger partial charge >= 0.3 is 0 Å². The van der Waals surface area contributed by atoms with Gasteiger partial charge in [0.15, 0.2) is 0 Å². The summed E-state index contributed by atoms with van der Waals surface area (Å²) in [6.45, 7) is 0.212. The largest absolute Gasteiger partial charge is 0.467 e. The van der Waals surface area contributed by atoms with E-state index in [0.717, 1.165) is 10.9 Å². The van der Waals surface area contributed by atoms with E-state index < -0.39 is 6.10 Å². The zero-order valence-corrected chi connectivity index (χ0v) is 11.3. The van der Waals surface area contributed by atoms with E-state index in [1.807, 2.05) is 24.3 Å². The first-order valence-electron chi connectivity index (χ1n) is 6.63. The van der Waals surface area contributed by atoms with Crippen LogP contribution in [0.15, 0.2) is 53.3 Å². The van der Waals surface area contributed by atoms with Crippen molar-refractivity contribution in [3.63, 3.8) is 0 Å². The number of fused-ring (bicyclic) bond motifs is 1. The summed E-state index contributed by atoms with van der Waals surface area (Å²) in [5.74, 6) is 0.217. The second-order valence-corrected chi connectivity index (χ2v) is 4.70. The third-order valence-corrected chi connectivity index (χ3v) is 3.21. The standard InChI is InChI=1S/C15H15N3O3/c19-13(14-6-3-7-21-14)9-16-15(20)10-18-12-5-2-1-4-11(12)8-17-18/h1-8,13,19H,9-10H2,(H,16,20). The molecule has 0 bridgehead atoms. The van der Waals surface area contributed by atoms with Gasteiger partial charge in [-0.1, -0.05) is 18.2 Å². The Kier molecular flexibility index (Phi) is 3.70. The highest BCUT2D eigenvalue weighted by Crippen LogP contribution is 2.13. The lowest BCUT2D eigenvalue weighted by molar-refractivity contribution is -0.122. The number of hydrogen-bond donors (Lipinski definition) is 2. The van der Waals surface area contributed by atoms with Crippen molar-refractivity contribution in [1.82, 2.24) is 15.1 Å². The Hall–Kier alpha value is -2.60. The number of hydrogen-bond acceptors (Lipinski definition) is 4. The summed E-state index contributed by atoms with van der Waals surface area (Å²) in [7, 11) is 0. The van der Waals surface area contributed by atoms with E-state index in [4.69, 9.17) is 4.42 Å². The molecule has 108 valence electrons. The molecule has 3 aromatic rings. The predicted octanol–water partition coefficient (Wildman–Crippen LogP) is 1.48. The Bertz CT molecular complexity index is 734. The van der Waals surface area contributed by atoms with Gasteiger partial charge in [0.1, 0.15) is 18.4 Å². The number of benzene rings is 1. The number of amides is 1. The van der Waals surface area contributed by atoms with Gasteiger partial charge in [0.25, 0.3) is 0 Å². The number of para-hydroxylation sites is 1. The maximum Gasteiger partial charge on any atom is 0.241 e. The molecule has 6 heteroatoms. The molecule has 0 fully saturated rings. The normalized spacial score (nSPS) is 12.4. The van der Waals surface area contributed by atoms with Crippen molar-refractivity contribution < 1.29 is 14.3 Å². The Morgan fingerprint density at radius 1 is 1.33 bits per heavy atom. The number of furan rings is 1. The number of aliphatic hydroxyl groups excluding tert-OH is 1. The predicted molar refractivity (Wildman–Crippen MR) is 76.4 cm³/mol. The van der Waals surface area contributed by atoms with Crippen LogP contribution in [0.4, 0.5) is 0 Å². The number of rotatable bonds is 5. The van der Waals surface area contributed by atoms with Crippen molar-refractivity contribution in [2.24, 2.45) is 0 Å². The highest BCUT2D eigenvalue weighted by molar-refractivity contribution is 5.81. The van der Waals surface area contributed by atoms with Crippen LogP contribution in [0.5, 0.6) is 0 Å². The number of aromatic nitrogens is 2. The lowest BCUT2D eigenvalue weighted by atomic mass is 10.2. The average Bonchev–Trinajstić information content (AvgIpc) is 3.15. The number of carbonyl (C=O) groups is 1. The number of aliphatic hydroxyl groups is 1. The van der Waals surface area contributed by atoms with E-state index in [0.29, 0.717) is 5.76 Å². The Labute approximate surface area is 121 Å². The van der Waals surface area contributed by atoms with Crippen molar-refractivity contribution in [2.75, 3.05) is 6.54 Å². The fourth-order valence-electron chi connectivity index (χ4n) is 2.14. The maximum atomic E-state index is 11.9. The molecule has 21 heavy (non-hydrogen) atoms. The Morgan fingerprint density at radius 2 is 2.19 bits per heavy atom. The Morgan fingerprint density at radius 3 is 3.00 bits per heavy atom. The molecule has 0 aliphatic heterocycles. The zero-order chi connectivity index (χ0) is 14.7. The van der Waals surface area contributed by atoms with Crippen molar-refractivity contribution in [1.29, 1.82) is 0 Å². The fraction of sp³-hybridized carbons (Fsp3) is 0.200. The highest BCUT2D eigenvalue weighted by atomic mass is 16.4. The first kappa shape index (κ1) is 13.4. The topological polar surface area (TPSA) is 80.3 Å². The zero-order valence-electron chi connectivity index (χ0n) is 11.3. The van der Waals surface area contributed by atoms with Gasteiger partial charge in [-0.15, -0.1) is 0 Å². The lowest BCUT2D eigenvalue weighted by Crippen LogP contribution is -2.31. The molecule has 6 nitrogen and oxygen atoms in total. The first-order valence-corrected chi connectivity index (χ1v) is 6.63. The Balaban J connectivity index is 1.59. The molecule has 0 spiro atoms. The van der Waals surface area contributed by atoms with E-state index in [1.54, 1.807) is 23.0 Å². The van der Waals surface area contributed by atoms with Gasteiger partial charge in [0, 0.05) is 5.39 Å². The second-order valence-electron chi connectivity index (χ2n) is 4.70. The summed E-state index contributed by atoms with van der Waals surface area (Å²) in [6.07, 6.45) is 2.36. The number of carbonyl (C=O) groups excluding carboxylic acids is 1. The average molecular weight is 285 g/mol. The van der Waals surface area contributed by atoms with Crippen LogP contribution in [-0.4, -0.2) is 27.3 Å². The summed E-state index contributed by atoms with van der Waals surface area (Å²) >= 11 is 0. The van der Waals surface area contributed by atoms with Gasteiger partial charge in [0.05, 0.1) is 24.5 Å².